The van der Waals surface area contributed by atoms with Crippen molar-refractivity contribution in [3.05, 3.63) is 75.4 Å². The molecule has 0 aliphatic heterocycles. The van der Waals surface area contributed by atoms with Gasteiger partial charge in [-0.25, -0.2) is 4.39 Å². The van der Waals surface area contributed by atoms with E-state index < -0.39 is 5.82 Å². The number of benzene rings is 1. The van der Waals surface area contributed by atoms with Crippen LogP contribution >= 0.6 is 11.3 Å². The first-order chi connectivity index (χ1) is 12.1. The second kappa shape index (κ2) is 5.93. The highest BCUT2D eigenvalue weighted by atomic mass is 32.1. The third kappa shape index (κ3) is 2.57. The highest BCUT2D eigenvalue weighted by Crippen LogP contribution is 2.36. The van der Waals surface area contributed by atoms with E-state index in [0.717, 1.165) is 21.3 Å². The second-order valence-corrected chi connectivity index (χ2v) is 6.91. The lowest BCUT2D eigenvalue weighted by Gasteiger charge is -2.10. The number of nitrogens with zero attached hydrogens (tertiary/aromatic N) is 1. The van der Waals surface area contributed by atoms with Gasteiger partial charge in [0.2, 0.25) is 0 Å². The first-order valence-corrected chi connectivity index (χ1v) is 8.76. The van der Waals surface area contributed by atoms with Crippen molar-refractivity contribution < 1.29 is 4.39 Å². The Balaban J connectivity index is 1.99. The van der Waals surface area contributed by atoms with Gasteiger partial charge in [0, 0.05) is 38.7 Å². The van der Waals surface area contributed by atoms with Gasteiger partial charge in [-0.2, -0.15) is 0 Å². The lowest BCUT2D eigenvalue weighted by molar-refractivity contribution is 0.634. The average Bonchev–Trinajstić information content (AvgIpc) is 2.97. The van der Waals surface area contributed by atoms with Crippen molar-refractivity contribution in [2.75, 3.05) is 0 Å². The van der Waals surface area contributed by atoms with E-state index in [0.29, 0.717) is 16.8 Å². The van der Waals surface area contributed by atoms with Gasteiger partial charge in [0.05, 0.1) is 5.69 Å². The minimum atomic E-state index is -0.428. The number of fused-ring (bicyclic) bond motifs is 1. The molecule has 0 fully saturated rings. The molecule has 0 spiro atoms. The van der Waals surface area contributed by atoms with E-state index in [1.54, 1.807) is 54.8 Å². The molecule has 0 atom stereocenters. The van der Waals surface area contributed by atoms with Crippen LogP contribution in [0.3, 0.4) is 0 Å². The van der Waals surface area contributed by atoms with Crippen LogP contribution in [0.4, 0.5) is 4.39 Å². The molecule has 5 heteroatoms. The molecule has 124 valence electrons. The topological polar surface area (TPSA) is 45.8 Å². The first kappa shape index (κ1) is 15.7. The molecule has 1 aromatic carbocycles. The number of rotatable bonds is 2. The molecule has 0 aliphatic carbocycles. The predicted molar refractivity (Wildman–Crippen MR) is 101 cm³/mol. The van der Waals surface area contributed by atoms with Gasteiger partial charge in [0.25, 0.3) is 5.56 Å². The maximum absolute atomic E-state index is 15.3. The molecule has 3 nitrogen and oxygen atoms in total. The molecule has 0 bridgehead atoms. The Morgan fingerprint density at radius 1 is 1.04 bits per heavy atom. The van der Waals surface area contributed by atoms with Crippen molar-refractivity contribution in [3.63, 3.8) is 0 Å². The van der Waals surface area contributed by atoms with E-state index in [1.165, 1.54) is 0 Å². The summed E-state index contributed by atoms with van der Waals surface area (Å²) >= 11 is 1.62. The van der Waals surface area contributed by atoms with Gasteiger partial charge in [-0.15, -0.1) is 11.3 Å². The van der Waals surface area contributed by atoms with E-state index in [4.69, 9.17) is 0 Å². The fourth-order valence-electron chi connectivity index (χ4n) is 3.05. The van der Waals surface area contributed by atoms with Crippen LogP contribution < -0.4 is 5.56 Å². The van der Waals surface area contributed by atoms with Crippen LogP contribution in [-0.4, -0.2) is 9.97 Å². The van der Waals surface area contributed by atoms with Gasteiger partial charge in [-0.1, -0.05) is 12.1 Å². The zero-order valence-electron chi connectivity index (χ0n) is 13.8. The summed E-state index contributed by atoms with van der Waals surface area (Å²) in [5, 5.41) is 3.00. The quantitative estimate of drug-likeness (QED) is 0.548. The number of aryl methyl sites for hydroxylation is 2. The summed E-state index contributed by atoms with van der Waals surface area (Å²) < 4.78 is 16.4. The van der Waals surface area contributed by atoms with E-state index in [-0.39, 0.29) is 11.1 Å². The highest BCUT2D eigenvalue weighted by molar-refractivity contribution is 7.17. The molecule has 0 aliphatic rings. The normalized spacial score (nSPS) is 11.2. The molecule has 0 radical (unpaired) electrons. The summed E-state index contributed by atoms with van der Waals surface area (Å²) in [6.07, 6.45) is 1.69. The van der Waals surface area contributed by atoms with Crippen molar-refractivity contribution in [3.8, 4) is 22.4 Å². The maximum atomic E-state index is 15.3. The summed E-state index contributed by atoms with van der Waals surface area (Å²) in [6.45, 7) is 3.79. The van der Waals surface area contributed by atoms with E-state index >= 15 is 4.39 Å². The molecule has 0 saturated heterocycles. The summed E-state index contributed by atoms with van der Waals surface area (Å²) in [7, 11) is 0. The fourth-order valence-corrected chi connectivity index (χ4v) is 3.98. The van der Waals surface area contributed by atoms with Gasteiger partial charge in [0.1, 0.15) is 5.82 Å². The first-order valence-electron chi connectivity index (χ1n) is 7.88. The van der Waals surface area contributed by atoms with Gasteiger partial charge < -0.3 is 4.98 Å². The molecular formula is C20H15FN2OS. The monoisotopic (exact) mass is 350 g/mol. The highest BCUT2D eigenvalue weighted by Gasteiger charge is 2.17. The summed E-state index contributed by atoms with van der Waals surface area (Å²) in [5.74, 6) is -0.428. The number of H-pyrrole nitrogens is 1. The van der Waals surface area contributed by atoms with Gasteiger partial charge in [-0.3, -0.25) is 9.78 Å². The summed E-state index contributed by atoms with van der Waals surface area (Å²) in [5.41, 5.74) is 3.13. The van der Waals surface area contributed by atoms with Crippen LogP contribution in [0.25, 0.3) is 32.5 Å². The zero-order chi connectivity index (χ0) is 17.6. The molecule has 0 saturated carbocycles. The Morgan fingerprint density at radius 2 is 1.84 bits per heavy atom. The number of thiophene rings is 1. The lowest BCUT2D eigenvalue weighted by atomic mass is 9.99. The average molecular weight is 350 g/mol. The van der Waals surface area contributed by atoms with E-state index in [1.807, 2.05) is 18.4 Å². The molecule has 4 rings (SSSR count). The largest absolute Gasteiger partial charge is 0.326 e. The number of aromatic nitrogens is 2. The van der Waals surface area contributed by atoms with Crippen molar-refractivity contribution in [1.29, 1.82) is 0 Å². The van der Waals surface area contributed by atoms with Crippen molar-refractivity contribution in [2.45, 2.75) is 13.8 Å². The number of hydrogen-bond acceptors (Lipinski definition) is 3. The molecular weight excluding hydrogens is 335 g/mol. The van der Waals surface area contributed by atoms with Crippen molar-refractivity contribution in [2.24, 2.45) is 0 Å². The SMILES string of the molecule is Cc1ccc(-c2cccc(-c3nccc4scc(C)c34)c2F)c(=O)[nH]1. The van der Waals surface area contributed by atoms with Gasteiger partial charge in [-0.05, 0) is 49.1 Å². The van der Waals surface area contributed by atoms with Crippen LogP contribution in [0, 0.1) is 19.7 Å². The number of aromatic amines is 1. The van der Waals surface area contributed by atoms with E-state index in [2.05, 4.69) is 9.97 Å². The number of hydrogen-bond donors (Lipinski definition) is 1. The Kier molecular flexibility index (Phi) is 3.73. The minimum absolute atomic E-state index is 0.283. The lowest BCUT2D eigenvalue weighted by Crippen LogP contribution is -2.10. The van der Waals surface area contributed by atoms with Gasteiger partial charge >= 0.3 is 0 Å². The van der Waals surface area contributed by atoms with Crippen LogP contribution in [-0.2, 0) is 0 Å². The second-order valence-electron chi connectivity index (χ2n) is 6.00. The molecule has 4 aromatic rings. The number of halogens is 1. The zero-order valence-corrected chi connectivity index (χ0v) is 14.6. The third-order valence-corrected chi connectivity index (χ3v) is 5.33. The van der Waals surface area contributed by atoms with Crippen molar-refractivity contribution in [1.82, 2.24) is 9.97 Å². The van der Waals surface area contributed by atoms with E-state index in [9.17, 15) is 4.79 Å². The third-order valence-electron chi connectivity index (χ3n) is 4.27. The molecule has 25 heavy (non-hydrogen) atoms. The molecule has 1 N–H and O–H groups in total. The number of nitrogens with one attached hydrogen (secondary N) is 1. The van der Waals surface area contributed by atoms with Crippen LogP contribution in [0.2, 0.25) is 0 Å². The van der Waals surface area contributed by atoms with Gasteiger partial charge in [0.15, 0.2) is 0 Å². The van der Waals surface area contributed by atoms with Crippen LogP contribution in [0.15, 0.2) is 52.8 Å². The Morgan fingerprint density at radius 3 is 2.64 bits per heavy atom. The standard InChI is InChI=1S/C20H15FN2OS/c1-11-10-25-16-8-9-22-19(17(11)16)15-5-3-4-13(18(15)21)14-7-6-12(2)23-20(14)24/h3-10H,1-2H3,(H,23,24). The number of pyridine rings is 2. The van der Waals surface area contributed by atoms with Crippen LogP contribution in [0.5, 0.6) is 0 Å². The Bertz CT molecular complexity index is 1160. The minimum Gasteiger partial charge on any atom is -0.326 e. The Labute approximate surface area is 147 Å². The summed E-state index contributed by atoms with van der Waals surface area (Å²) in [4.78, 5) is 19.4. The maximum Gasteiger partial charge on any atom is 0.256 e. The predicted octanol–water partition coefficient (Wildman–Crippen LogP) is 5.07. The molecule has 0 unspecified atom stereocenters. The molecule has 3 aromatic heterocycles. The summed E-state index contributed by atoms with van der Waals surface area (Å²) in [6, 6.07) is 10.4. The van der Waals surface area contributed by atoms with Crippen molar-refractivity contribution >= 4 is 21.4 Å². The molecule has 3 heterocycles. The fraction of sp³-hybridized carbons (Fsp3) is 0.100. The molecule has 0 amide bonds. The van der Waals surface area contributed by atoms with Crippen LogP contribution in [0.1, 0.15) is 11.3 Å². The smallest absolute Gasteiger partial charge is 0.256 e. The Hall–Kier alpha value is -2.79.